The van der Waals surface area contributed by atoms with E-state index in [1.165, 1.54) is 28.1 Å². The minimum absolute atomic E-state index is 0.0126. The number of aliphatic hydroxyl groups excluding tert-OH is 2. The quantitative estimate of drug-likeness (QED) is 0.277. The highest BCUT2D eigenvalue weighted by molar-refractivity contribution is 6.00. The van der Waals surface area contributed by atoms with Gasteiger partial charge >= 0.3 is 0 Å². The molecule has 0 spiro atoms. The first kappa shape index (κ1) is 33.8. The molecule has 4 heterocycles. The van der Waals surface area contributed by atoms with Crippen molar-refractivity contribution in [1.82, 2.24) is 10.1 Å². The highest BCUT2D eigenvalue weighted by atomic mass is 16.7. The number of hydrogen-bond acceptors (Lipinski definition) is 10. The Morgan fingerprint density at radius 3 is 1.36 bits per heavy atom. The van der Waals surface area contributed by atoms with Crippen LogP contribution in [0.2, 0.25) is 0 Å². The number of amides is 2. The molecule has 0 fully saturated rings. The van der Waals surface area contributed by atoms with Crippen molar-refractivity contribution in [3.8, 4) is 0 Å². The summed E-state index contributed by atoms with van der Waals surface area (Å²) in [5.41, 5.74) is -2.50. The van der Waals surface area contributed by atoms with Crippen molar-refractivity contribution in [2.75, 3.05) is 14.2 Å². The van der Waals surface area contributed by atoms with Crippen molar-refractivity contribution in [3.63, 3.8) is 0 Å². The van der Waals surface area contributed by atoms with Gasteiger partial charge in [-0.25, -0.2) is 0 Å². The molecule has 4 N–H and O–H groups in total. The standard InChI is InChI=1S/2C15H23NO5/c2*1-5-6-7-8-10-15(3,19)13(17)11-12(21-10)9(2)16(20-4)14(11)18/h2*10,13,17,19H,2,5-8H2,1,3-4H3/t2*10-,13-,15-/m00/s1. The molecule has 4 rings (SSSR count). The summed E-state index contributed by atoms with van der Waals surface area (Å²) in [7, 11) is 2.68. The molecule has 0 aromatic heterocycles. The Balaban J connectivity index is 0.000000230. The largest absolute Gasteiger partial charge is 0.484 e. The molecule has 0 aliphatic carbocycles. The normalized spacial score (nSPS) is 32.5. The van der Waals surface area contributed by atoms with Crippen molar-refractivity contribution >= 4 is 11.8 Å². The fraction of sp³-hybridized carbons (Fsp3) is 0.667. The zero-order valence-corrected chi connectivity index (χ0v) is 25.5. The Hall–Kier alpha value is -2.74. The molecule has 0 aromatic rings. The van der Waals surface area contributed by atoms with Gasteiger partial charge in [-0.05, 0) is 39.5 Å². The van der Waals surface area contributed by atoms with E-state index >= 15 is 0 Å². The number of carbonyl (C=O) groups excluding carboxylic acids is 2. The lowest BCUT2D eigenvalue weighted by atomic mass is 9.82. The SMILES string of the molecule is C=C1C2=C(C(=O)N1OC)[C@H](O)[C@@](C)(O)[C@H](CCCCC)O2.C=C1C2=C(C(=O)N1OC)[C@H](O)[C@@](C)(O)[C@H](CCCCC)O2. The van der Waals surface area contributed by atoms with E-state index in [4.69, 9.17) is 19.1 Å². The van der Waals surface area contributed by atoms with E-state index in [9.17, 15) is 30.0 Å². The third-order valence-corrected chi connectivity index (χ3v) is 8.32. The fourth-order valence-corrected chi connectivity index (χ4v) is 5.61. The minimum atomic E-state index is -1.52. The molecule has 4 aliphatic heterocycles. The van der Waals surface area contributed by atoms with Crippen LogP contribution in [0.3, 0.4) is 0 Å². The molecule has 6 atom stereocenters. The lowest BCUT2D eigenvalue weighted by Gasteiger charge is -2.40. The molecule has 236 valence electrons. The molecule has 0 saturated heterocycles. The van der Waals surface area contributed by atoms with Crippen LogP contribution in [0.15, 0.2) is 47.2 Å². The average molecular weight is 595 g/mol. The van der Waals surface area contributed by atoms with Crippen LogP contribution in [0.25, 0.3) is 0 Å². The van der Waals surface area contributed by atoms with Crippen LogP contribution in [0.1, 0.15) is 79.1 Å². The van der Waals surface area contributed by atoms with E-state index in [0.717, 1.165) is 48.7 Å². The van der Waals surface area contributed by atoms with Gasteiger partial charge in [0.05, 0.1) is 25.4 Å². The Morgan fingerprint density at radius 1 is 0.738 bits per heavy atom. The van der Waals surface area contributed by atoms with Crippen molar-refractivity contribution in [2.45, 2.75) is 115 Å². The number of ether oxygens (including phenoxy) is 2. The molecule has 4 aliphatic rings. The number of hydroxylamine groups is 4. The Bertz CT molecular complexity index is 1050. The molecular formula is C30H46N2O10. The summed E-state index contributed by atoms with van der Waals surface area (Å²) in [4.78, 5) is 34.3. The number of hydrogen-bond donors (Lipinski definition) is 4. The van der Waals surface area contributed by atoms with Gasteiger partial charge in [0.25, 0.3) is 11.8 Å². The first-order valence-electron chi connectivity index (χ1n) is 14.5. The number of rotatable bonds is 10. The fourth-order valence-electron chi connectivity index (χ4n) is 5.61. The predicted octanol–water partition coefficient (Wildman–Crippen LogP) is 2.50. The Kier molecular flexibility index (Phi) is 10.7. The van der Waals surface area contributed by atoms with Crippen molar-refractivity contribution in [2.24, 2.45) is 0 Å². The maximum Gasteiger partial charge on any atom is 0.284 e. The topological polar surface area (TPSA) is 158 Å². The third kappa shape index (κ3) is 5.88. The van der Waals surface area contributed by atoms with Crippen LogP contribution in [-0.4, -0.2) is 92.2 Å². The molecule has 12 heteroatoms. The second-order valence-corrected chi connectivity index (χ2v) is 11.4. The van der Waals surface area contributed by atoms with Crippen molar-refractivity contribution < 1.29 is 49.2 Å². The van der Waals surface area contributed by atoms with Gasteiger partial charge in [-0.1, -0.05) is 52.7 Å². The van der Waals surface area contributed by atoms with E-state index in [1.807, 2.05) is 0 Å². The number of unbranched alkanes of at least 4 members (excludes halogenated alkanes) is 4. The minimum Gasteiger partial charge on any atom is -0.484 e. The first-order chi connectivity index (χ1) is 19.7. The smallest absolute Gasteiger partial charge is 0.284 e. The van der Waals surface area contributed by atoms with Gasteiger partial charge < -0.3 is 29.9 Å². The maximum absolute atomic E-state index is 12.2. The summed E-state index contributed by atoms with van der Waals surface area (Å²) < 4.78 is 11.6. The second-order valence-electron chi connectivity index (χ2n) is 11.4. The van der Waals surface area contributed by atoms with Gasteiger partial charge in [0, 0.05) is 0 Å². The zero-order valence-electron chi connectivity index (χ0n) is 25.5. The molecule has 2 amide bonds. The summed E-state index contributed by atoms with van der Waals surface area (Å²) in [6.45, 7) is 14.7. The summed E-state index contributed by atoms with van der Waals surface area (Å²) in [6, 6.07) is 0. The van der Waals surface area contributed by atoms with Crippen LogP contribution in [0.5, 0.6) is 0 Å². The zero-order chi connectivity index (χ0) is 31.6. The Labute approximate surface area is 247 Å². The summed E-state index contributed by atoms with van der Waals surface area (Å²) in [5, 5.41) is 43.9. The lowest BCUT2D eigenvalue weighted by molar-refractivity contribution is -0.162. The van der Waals surface area contributed by atoms with E-state index in [0.29, 0.717) is 12.8 Å². The van der Waals surface area contributed by atoms with Crippen LogP contribution in [0.4, 0.5) is 0 Å². The van der Waals surface area contributed by atoms with Crippen LogP contribution in [0, 0.1) is 0 Å². The molecule has 0 aromatic carbocycles. The molecular weight excluding hydrogens is 548 g/mol. The van der Waals surface area contributed by atoms with Gasteiger partial charge in [-0.3, -0.25) is 19.3 Å². The van der Waals surface area contributed by atoms with Crippen molar-refractivity contribution in [3.05, 3.63) is 47.2 Å². The van der Waals surface area contributed by atoms with Gasteiger partial charge in [0.15, 0.2) is 11.5 Å². The molecule has 0 unspecified atom stereocenters. The summed E-state index contributed by atoms with van der Waals surface area (Å²) >= 11 is 0. The van der Waals surface area contributed by atoms with Gasteiger partial charge in [-0.15, -0.1) is 0 Å². The summed E-state index contributed by atoms with van der Waals surface area (Å²) in [6.07, 6.45) is 3.27. The van der Waals surface area contributed by atoms with Gasteiger partial charge in [0.2, 0.25) is 0 Å². The van der Waals surface area contributed by atoms with Gasteiger partial charge in [0.1, 0.15) is 47.0 Å². The molecule has 0 bridgehead atoms. The van der Waals surface area contributed by atoms with Crippen LogP contribution >= 0.6 is 0 Å². The van der Waals surface area contributed by atoms with E-state index in [-0.39, 0.29) is 34.1 Å². The summed E-state index contributed by atoms with van der Waals surface area (Å²) in [5.74, 6) is -0.640. The maximum atomic E-state index is 12.2. The second kappa shape index (κ2) is 13.3. The highest BCUT2D eigenvalue weighted by Gasteiger charge is 2.55. The molecule has 0 saturated carbocycles. The Morgan fingerprint density at radius 2 is 1.07 bits per heavy atom. The molecule has 12 nitrogen and oxygen atoms in total. The number of nitrogens with zero attached hydrogens (tertiary/aromatic N) is 2. The number of aliphatic hydroxyl groups is 4. The predicted molar refractivity (Wildman–Crippen MR) is 151 cm³/mol. The molecule has 42 heavy (non-hydrogen) atoms. The average Bonchev–Trinajstić information content (AvgIpc) is 3.32. The third-order valence-electron chi connectivity index (χ3n) is 8.32. The van der Waals surface area contributed by atoms with E-state index in [2.05, 4.69) is 27.0 Å². The van der Waals surface area contributed by atoms with Crippen molar-refractivity contribution in [1.29, 1.82) is 0 Å². The highest BCUT2D eigenvalue weighted by Crippen LogP contribution is 2.44. The monoisotopic (exact) mass is 594 g/mol. The van der Waals surface area contributed by atoms with Crippen LogP contribution < -0.4 is 0 Å². The van der Waals surface area contributed by atoms with E-state index < -0.39 is 47.4 Å². The van der Waals surface area contributed by atoms with Crippen LogP contribution in [-0.2, 0) is 28.7 Å². The van der Waals surface area contributed by atoms with Gasteiger partial charge in [-0.2, -0.15) is 10.1 Å². The number of carbonyl (C=O) groups is 2. The molecule has 0 radical (unpaired) electrons. The first-order valence-corrected chi connectivity index (χ1v) is 14.5. The lowest BCUT2D eigenvalue weighted by Crippen LogP contribution is -2.55. The van der Waals surface area contributed by atoms with E-state index in [1.54, 1.807) is 0 Å².